The molecule has 0 saturated heterocycles. The highest BCUT2D eigenvalue weighted by Gasteiger charge is 2.11. The van der Waals surface area contributed by atoms with Gasteiger partial charge in [0, 0.05) is 4.47 Å². The van der Waals surface area contributed by atoms with Crippen LogP contribution in [-0.2, 0) is 0 Å². The predicted molar refractivity (Wildman–Crippen MR) is 146 cm³/mol. The van der Waals surface area contributed by atoms with Crippen LogP contribution < -0.4 is 4.74 Å². The molecule has 3 nitrogen and oxygen atoms in total. The molecule has 0 fully saturated rings. The highest BCUT2D eigenvalue weighted by atomic mass is 79.9. The lowest BCUT2D eigenvalue weighted by Crippen LogP contribution is -1.97. The number of halogens is 2. The maximum absolute atomic E-state index is 5.92. The van der Waals surface area contributed by atoms with Gasteiger partial charge in [0.2, 0.25) is 0 Å². The molecule has 1 heterocycles. The first-order valence-corrected chi connectivity index (χ1v) is 14.0. The Morgan fingerprint density at radius 3 is 2.12 bits per heavy atom. The molecule has 0 radical (unpaired) electrons. The van der Waals surface area contributed by atoms with Gasteiger partial charge in [-0.15, -0.1) is 0 Å². The van der Waals surface area contributed by atoms with Crippen molar-refractivity contribution in [3.8, 4) is 5.75 Å². The molecule has 3 aromatic rings. The SMILES string of the molecule is CCCCCCCCCCCCOc1ccc(/C=C/c2cc(Br)c3nsnc3c2Br)cc1. The van der Waals surface area contributed by atoms with E-state index in [2.05, 4.69) is 90.0 Å². The van der Waals surface area contributed by atoms with Crippen molar-refractivity contribution >= 4 is 66.8 Å². The Bertz CT molecular complexity index is 985. The van der Waals surface area contributed by atoms with E-state index in [4.69, 9.17) is 4.74 Å². The third kappa shape index (κ3) is 7.96. The smallest absolute Gasteiger partial charge is 0.120 e. The van der Waals surface area contributed by atoms with E-state index in [0.717, 1.165) is 49.9 Å². The van der Waals surface area contributed by atoms with Crippen LogP contribution in [0.5, 0.6) is 5.75 Å². The summed E-state index contributed by atoms with van der Waals surface area (Å²) >= 11 is 8.47. The van der Waals surface area contributed by atoms with Crippen LogP contribution in [0.3, 0.4) is 0 Å². The summed E-state index contributed by atoms with van der Waals surface area (Å²) in [6.07, 6.45) is 17.6. The lowest BCUT2D eigenvalue weighted by atomic mass is 10.1. The van der Waals surface area contributed by atoms with Gasteiger partial charge in [-0.2, -0.15) is 8.75 Å². The molecule has 0 atom stereocenters. The van der Waals surface area contributed by atoms with Crippen LogP contribution in [0.4, 0.5) is 0 Å². The van der Waals surface area contributed by atoms with E-state index in [0.29, 0.717) is 0 Å². The van der Waals surface area contributed by atoms with Crippen molar-refractivity contribution in [2.24, 2.45) is 0 Å². The van der Waals surface area contributed by atoms with Crippen LogP contribution in [0.1, 0.15) is 82.3 Å². The van der Waals surface area contributed by atoms with Crippen molar-refractivity contribution < 1.29 is 4.74 Å². The fourth-order valence-electron chi connectivity index (χ4n) is 3.66. The minimum absolute atomic E-state index is 0.800. The first-order chi connectivity index (χ1) is 15.7. The quantitative estimate of drug-likeness (QED) is 0.141. The number of hydrogen-bond donors (Lipinski definition) is 0. The second-order valence-corrected chi connectivity index (χ2v) is 10.3. The summed E-state index contributed by atoms with van der Waals surface area (Å²) in [5.41, 5.74) is 3.98. The monoisotopic (exact) mass is 578 g/mol. The Hall–Kier alpha value is -1.24. The maximum atomic E-state index is 5.92. The average Bonchev–Trinajstić information content (AvgIpc) is 3.31. The molecular formula is C26H32Br2N2OS. The Morgan fingerprint density at radius 2 is 1.44 bits per heavy atom. The molecule has 2 aromatic carbocycles. The van der Waals surface area contributed by atoms with Gasteiger partial charge in [0.15, 0.2) is 0 Å². The minimum atomic E-state index is 0.800. The number of aromatic nitrogens is 2. The van der Waals surface area contributed by atoms with Crippen LogP contribution in [0, 0.1) is 0 Å². The van der Waals surface area contributed by atoms with Crippen molar-refractivity contribution in [1.82, 2.24) is 8.75 Å². The van der Waals surface area contributed by atoms with Crippen LogP contribution >= 0.6 is 43.6 Å². The van der Waals surface area contributed by atoms with Gasteiger partial charge in [-0.25, -0.2) is 0 Å². The molecule has 0 bridgehead atoms. The molecular weight excluding hydrogens is 548 g/mol. The van der Waals surface area contributed by atoms with Crippen LogP contribution in [0.2, 0.25) is 0 Å². The maximum Gasteiger partial charge on any atom is 0.120 e. The van der Waals surface area contributed by atoms with Crippen molar-refractivity contribution in [3.05, 3.63) is 50.4 Å². The Labute approximate surface area is 213 Å². The molecule has 0 aliphatic heterocycles. The van der Waals surface area contributed by atoms with E-state index in [1.54, 1.807) is 0 Å². The van der Waals surface area contributed by atoms with Crippen LogP contribution in [0.15, 0.2) is 39.3 Å². The zero-order valence-electron chi connectivity index (χ0n) is 18.8. The highest BCUT2D eigenvalue weighted by molar-refractivity contribution is 9.11. The number of benzene rings is 2. The lowest BCUT2D eigenvalue weighted by Gasteiger charge is -2.07. The molecule has 0 spiro atoms. The molecule has 0 aliphatic carbocycles. The zero-order chi connectivity index (χ0) is 22.6. The van der Waals surface area contributed by atoms with Gasteiger partial charge in [0.05, 0.1) is 22.8 Å². The van der Waals surface area contributed by atoms with Gasteiger partial charge in [-0.05, 0) is 67.6 Å². The molecule has 172 valence electrons. The molecule has 3 rings (SSSR count). The number of ether oxygens (including phenoxy) is 1. The molecule has 6 heteroatoms. The second kappa shape index (κ2) is 14.1. The van der Waals surface area contributed by atoms with Gasteiger partial charge in [-0.1, -0.05) is 89.0 Å². The summed E-state index contributed by atoms with van der Waals surface area (Å²) < 4.78 is 16.6. The van der Waals surface area contributed by atoms with E-state index in [1.165, 1.54) is 69.5 Å². The van der Waals surface area contributed by atoms with Crippen LogP contribution in [0.25, 0.3) is 23.2 Å². The van der Waals surface area contributed by atoms with E-state index in [9.17, 15) is 0 Å². The molecule has 32 heavy (non-hydrogen) atoms. The molecule has 0 amide bonds. The summed E-state index contributed by atoms with van der Waals surface area (Å²) in [5, 5.41) is 0. The van der Waals surface area contributed by atoms with Gasteiger partial charge < -0.3 is 4.74 Å². The molecule has 0 unspecified atom stereocenters. The van der Waals surface area contributed by atoms with Gasteiger partial charge in [-0.3, -0.25) is 0 Å². The van der Waals surface area contributed by atoms with E-state index >= 15 is 0 Å². The summed E-state index contributed by atoms with van der Waals surface area (Å²) in [6, 6.07) is 10.4. The Morgan fingerprint density at radius 1 is 0.812 bits per heavy atom. The van der Waals surface area contributed by atoms with Crippen LogP contribution in [-0.4, -0.2) is 15.4 Å². The summed E-state index contributed by atoms with van der Waals surface area (Å²) in [4.78, 5) is 0. The third-order valence-electron chi connectivity index (χ3n) is 5.56. The first-order valence-electron chi connectivity index (χ1n) is 11.7. The normalized spacial score (nSPS) is 11.6. The number of fused-ring (bicyclic) bond motifs is 1. The summed E-state index contributed by atoms with van der Waals surface area (Å²) in [6.45, 7) is 3.07. The van der Waals surface area contributed by atoms with Crippen molar-refractivity contribution in [2.45, 2.75) is 71.1 Å². The second-order valence-electron chi connectivity index (χ2n) is 8.16. The van der Waals surface area contributed by atoms with E-state index < -0.39 is 0 Å². The van der Waals surface area contributed by atoms with Crippen molar-refractivity contribution in [1.29, 1.82) is 0 Å². The van der Waals surface area contributed by atoms with Gasteiger partial charge in [0.25, 0.3) is 0 Å². The fraction of sp³-hybridized carbons (Fsp3) is 0.462. The first kappa shape index (κ1) is 25.4. The largest absolute Gasteiger partial charge is 0.494 e. The Balaban J connectivity index is 1.36. The van der Waals surface area contributed by atoms with Gasteiger partial charge >= 0.3 is 0 Å². The average molecular weight is 580 g/mol. The number of unbranched alkanes of at least 4 members (excludes halogenated alkanes) is 9. The standard InChI is InChI=1S/C26H32Br2N2OS/c1-2-3-4-5-6-7-8-9-10-11-18-31-22-16-13-20(14-17-22)12-15-21-19-23(27)25-26(24(21)28)30-32-29-25/h12-17,19H,2-11,18H2,1H3/b15-12+. The fourth-order valence-corrected chi connectivity index (χ4v) is 5.50. The Kier molecular flexibility index (Phi) is 11.2. The third-order valence-corrected chi connectivity index (χ3v) is 7.53. The van der Waals surface area contributed by atoms with E-state index in [1.807, 2.05) is 0 Å². The number of rotatable bonds is 14. The molecule has 0 N–H and O–H groups in total. The van der Waals surface area contributed by atoms with Gasteiger partial charge in [0.1, 0.15) is 16.8 Å². The number of nitrogens with zero attached hydrogens (tertiary/aromatic N) is 2. The van der Waals surface area contributed by atoms with E-state index in [-0.39, 0.29) is 0 Å². The highest BCUT2D eigenvalue weighted by Crippen LogP contribution is 2.33. The lowest BCUT2D eigenvalue weighted by molar-refractivity contribution is 0.304. The number of hydrogen-bond acceptors (Lipinski definition) is 4. The molecule has 0 saturated carbocycles. The van der Waals surface area contributed by atoms with Crippen molar-refractivity contribution in [2.75, 3.05) is 6.61 Å². The minimum Gasteiger partial charge on any atom is -0.494 e. The summed E-state index contributed by atoms with van der Waals surface area (Å²) in [7, 11) is 0. The van der Waals surface area contributed by atoms with Crippen molar-refractivity contribution in [3.63, 3.8) is 0 Å². The zero-order valence-corrected chi connectivity index (χ0v) is 22.8. The predicted octanol–water partition coefficient (Wildman–Crippen LogP) is 9.69. The topological polar surface area (TPSA) is 35.0 Å². The molecule has 0 aliphatic rings. The molecule has 1 aromatic heterocycles. The summed E-state index contributed by atoms with van der Waals surface area (Å²) in [5.74, 6) is 0.942.